The zero-order valence-electron chi connectivity index (χ0n) is 11.0. The second-order valence-corrected chi connectivity index (χ2v) is 5.16. The predicted octanol–water partition coefficient (Wildman–Crippen LogP) is 1.80. The van der Waals surface area contributed by atoms with Gasteiger partial charge < -0.3 is 15.2 Å². The minimum absolute atomic E-state index is 0.0632. The van der Waals surface area contributed by atoms with Gasteiger partial charge in [-0.2, -0.15) is 0 Å². The van der Waals surface area contributed by atoms with Crippen molar-refractivity contribution in [1.82, 2.24) is 5.32 Å². The first kappa shape index (κ1) is 13.9. The summed E-state index contributed by atoms with van der Waals surface area (Å²) >= 11 is 0. The highest BCUT2D eigenvalue weighted by atomic mass is 16.5. The average molecular weight is 229 g/mol. The lowest BCUT2D eigenvalue weighted by Crippen LogP contribution is -2.43. The molecule has 1 aliphatic rings. The quantitative estimate of drug-likeness (QED) is 0.699. The van der Waals surface area contributed by atoms with Gasteiger partial charge in [-0.25, -0.2) is 0 Å². The van der Waals surface area contributed by atoms with Crippen LogP contribution in [0.5, 0.6) is 0 Å². The summed E-state index contributed by atoms with van der Waals surface area (Å²) in [4.78, 5) is 0. The molecule has 0 aliphatic carbocycles. The Morgan fingerprint density at radius 1 is 1.44 bits per heavy atom. The molecule has 0 amide bonds. The molecule has 1 aliphatic heterocycles. The topological polar surface area (TPSA) is 41.5 Å². The fourth-order valence-electron chi connectivity index (χ4n) is 2.27. The molecule has 2 atom stereocenters. The highest BCUT2D eigenvalue weighted by Gasteiger charge is 2.28. The van der Waals surface area contributed by atoms with E-state index in [9.17, 15) is 5.11 Å². The van der Waals surface area contributed by atoms with Crippen molar-refractivity contribution in [3.63, 3.8) is 0 Å². The van der Waals surface area contributed by atoms with Gasteiger partial charge in [0.25, 0.3) is 0 Å². The lowest BCUT2D eigenvalue weighted by atomic mass is 9.82. The fraction of sp³-hybridized carbons (Fsp3) is 1.00. The molecule has 0 spiro atoms. The Labute approximate surface area is 99.6 Å². The lowest BCUT2D eigenvalue weighted by Gasteiger charge is -2.32. The molecule has 3 heteroatoms. The largest absolute Gasteiger partial charge is 0.396 e. The van der Waals surface area contributed by atoms with E-state index in [1.165, 1.54) is 6.42 Å². The SMILES string of the molecule is CCC(CC)(CO)CNC(C)C1CCOC1. The van der Waals surface area contributed by atoms with E-state index in [0.717, 1.165) is 32.6 Å². The highest BCUT2D eigenvalue weighted by molar-refractivity contribution is 4.82. The summed E-state index contributed by atoms with van der Waals surface area (Å²) in [5.74, 6) is 0.644. The standard InChI is InChI=1S/C13H27NO2/c1-4-13(5-2,10-15)9-14-11(3)12-6-7-16-8-12/h11-12,14-15H,4-10H2,1-3H3. The summed E-state index contributed by atoms with van der Waals surface area (Å²) < 4.78 is 5.40. The fourth-order valence-corrected chi connectivity index (χ4v) is 2.27. The summed E-state index contributed by atoms with van der Waals surface area (Å²) in [6, 6.07) is 0.492. The van der Waals surface area contributed by atoms with Crippen LogP contribution in [0.25, 0.3) is 0 Å². The van der Waals surface area contributed by atoms with Gasteiger partial charge in [0.05, 0.1) is 6.61 Å². The normalized spacial score (nSPS) is 23.6. The molecule has 0 aromatic heterocycles. The number of hydrogen-bond acceptors (Lipinski definition) is 3. The van der Waals surface area contributed by atoms with E-state index in [2.05, 4.69) is 26.1 Å². The molecule has 0 aromatic rings. The van der Waals surface area contributed by atoms with Gasteiger partial charge in [-0.3, -0.25) is 0 Å². The van der Waals surface area contributed by atoms with Crippen molar-refractivity contribution in [3.05, 3.63) is 0 Å². The second-order valence-electron chi connectivity index (χ2n) is 5.16. The second kappa shape index (κ2) is 6.58. The molecular weight excluding hydrogens is 202 g/mol. The van der Waals surface area contributed by atoms with E-state index >= 15 is 0 Å². The Balaban J connectivity index is 2.36. The van der Waals surface area contributed by atoms with Crippen LogP contribution in [-0.4, -0.2) is 37.5 Å². The van der Waals surface area contributed by atoms with Crippen molar-refractivity contribution in [2.45, 2.75) is 46.1 Å². The third kappa shape index (κ3) is 3.44. The molecule has 2 N–H and O–H groups in total. The number of aliphatic hydroxyl groups is 1. The molecule has 0 aromatic carbocycles. The van der Waals surface area contributed by atoms with E-state index in [-0.39, 0.29) is 12.0 Å². The van der Waals surface area contributed by atoms with Crippen LogP contribution in [0.3, 0.4) is 0 Å². The van der Waals surface area contributed by atoms with Crippen LogP contribution >= 0.6 is 0 Å². The Bertz CT molecular complexity index is 178. The van der Waals surface area contributed by atoms with Crippen molar-refractivity contribution < 1.29 is 9.84 Å². The van der Waals surface area contributed by atoms with Crippen molar-refractivity contribution >= 4 is 0 Å². The number of hydrogen-bond donors (Lipinski definition) is 2. The first-order chi connectivity index (χ1) is 7.67. The van der Waals surface area contributed by atoms with Gasteiger partial charge in [-0.1, -0.05) is 13.8 Å². The lowest BCUT2D eigenvalue weighted by molar-refractivity contribution is 0.106. The zero-order chi connectivity index (χ0) is 12.0. The molecule has 1 fully saturated rings. The molecule has 16 heavy (non-hydrogen) atoms. The molecule has 3 nitrogen and oxygen atoms in total. The molecule has 1 rings (SSSR count). The first-order valence-electron chi connectivity index (χ1n) is 6.59. The molecule has 1 heterocycles. The van der Waals surface area contributed by atoms with Gasteiger partial charge >= 0.3 is 0 Å². The van der Waals surface area contributed by atoms with Gasteiger partial charge in [0.2, 0.25) is 0 Å². The van der Waals surface area contributed by atoms with E-state index in [0.29, 0.717) is 12.0 Å². The highest BCUT2D eigenvalue weighted by Crippen LogP contribution is 2.25. The van der Waals surface area contributed by atoms with Gasteiger partial charge in [0.1, 0.15) is 0 Å². The van der Waals surface area contributed by atoms with Crippen LogP contribution in [0, 0.1) is 11.3 Å². The van der Waals surface area contributed by atoms with E-state index in [1.807, 2.05) is 0 Å². The monoisotopic (exact) mass is 229 g/mol. The van der Waals surface area contributed by atoms with Crippen LogP contribution in [-0.2, 0) is 4.74 Å². The Morgan fingerprint density at radius 2 is 2.12 bits per heavy atom. The van der Waals surface area contributed by atoms with E-state index < -0.39 is 0 Å². The maximum atomic E-state index is 9.49. The Kier molecular flexibility index (Phi) is 5.73. The van der Waals surface area contributed by atoms with Crippen molar-refractivity contribution in [2.75, 3.05) is 26.4 Å². The van der Waals surface area contributed by atoms with Gasteiger partial charge in [0.15, 0.2) is 0 Å². The Hall–Kier alpha value is -0.120. The van der Waals surface area contributed by atoms with Crippen molar-refractivity contribution in [1.29, 1.82) is 0 Å². The summed E-state index contributed by atoms with van der Waals surface area (Å²) in [6.07, 6.45) is 3.22. The molecule has 96 valence electrons. The van der Waals surface area contributed by atoms with Crippen LogP contribution in [0.4, 0.5) is 0 Å². The third-order valence-corrected chi connectivity index (χ3v) is 4.31. The van der Waals surface area contributed by atoms with Gasteiger partial charge in [-0.05, 0) is 32.1 Å². The molecule has 1 saturated heterocycles. The number of ether oxygens (including phenoxy) is 1. The van der Waals surface area contributed by atoms with Crippen molar-refractivity contribution in [3.8, 4) is 0 Å². The summed E-state index contributed by atoms with van der Waals surface area (Å²) in [5.41, 5.74) is 0.0632. The molecule has 2 unspecified atom stereocenters. The number of nitrogens with one attached hydrogen (secondary N) is 1. The minimum Gasteiger partial charge on any atom is -0.396 e. The molecule has 0 bridgehead atoms. The molecular formula is C13H27NO2. The summed E-state index contributed by atoms with van der Waals surface area (Å²) in [5, 5.41) is 13.1. The third-order valence-electron chi connectivity index (χ3n) is 4.31. The maximum Gasteiger partial charge on any atom is 0.0509 e. The number of aliphatic hydroxyl groups excluding tert-OH is 1. The molecule has 0 saturated carbocycles. The van der Waals surface area contributed by atoms with Crippen LogP contribution < -0.4 is 5.32 Å². The van der Waals surface area contributed by atoms with Gasteiger partial charge in [0, 0.05) is 31.2 Å². The van der Waals surface area contributed by atoms with Crippen molar-refractivity contribution in [2.24, 2.45) is 11.3 Å². The van der Waals surface area contributed by atoms with E-state index in [4.69, 9.17) is 4.74 Å². The smallest absolute Gasteiger partial charge is 0.0509 e. The minimum atomic E-state index is 0.0632. The predicted molar refractivity (Wildman–Crippen MR) is 66.5 cm³/mol. The summed E-state index contributed by atoms with van der Waals surface area (Å²) in [7, 11) is 0. The van der Waals surface area contributed by atoms with Crippen LogP contribution in [0.2, 0.25) is 0 Å². The van der Waals surface area contributed by atoms with Crippen LogP contribution in [0.15, 0.2) is 0 Å². The van der Waals surface area contributed by atoms with E-state index in [1.54, 1.807) is 0 Å². The number of rotatable bonds is 7. The molecule has 0 radical (unpaired) electrons. The zero-order valence-corrected chi connectivity index (χ0v) is 11.0. The van der Waals surface area contributed by atoms with Gasteiger partial charge in [-0.15, -0.1) is 0 Å². The summed E-state index contributed by atoms with van der Waals surface area (Å²) in [6.45, 7) is 9.53. The Morgan fingerprint density at radius 3 is 2.56 bits per heavy atom. The maximum absolute atomic E-state index is 9.49. The first-order valence-corrected chi connectivity index (χ1v) is 6.59. The average Bonchev–Trinajstić information content (AvgIpc) is 2.85. The van der Waals surface area contributed by atoms with Crippen LogP contribution in [0.1, 0.15) is 40.0 Å².